The molecule has 1 rings (SSSR count). The van der Waals surface area contributed by atoms with Crippen LogP contribution in [0.5, 0.6) is 11.5 Å². The number of hydrogen-bond donors (Lipinski definition) is 3. The minimum atomic E-state index is -0.136. The van der Waals surface area contributed by atoms with E-state index in [1.807, 2.05) is 0 Å². The summed E-state index contributed by atoms with van der Waals surface area (Å²) >= 11 is 10.4. The number of phenolic OH excluding ortho intramolecular Hbond substituents is 1. The van der Waals surface area contributed by atoms with Gasteiger partial charge in [0.1, 0.15) is 0 Å². The zero-order valence-corrected chi connectivity index (χ0v) is 9.97. The Morgan fingerprint density at radius 2 is 2.38 bits per heavy atom. The summed E-state index contributed by atoms with van der Waals surface area (Å²) in [4.78, 5) is 0. The monoisotopic (exact) mass is 259 g/mol. The molecule has 0 aromatic heterocycles. The lowest BCUT2D eigenvalue weighted by atomic mass is 10.2. The van der Waals surface area contributed by atoms with Crippen molar-refractivity contribution in [2.75, 3.05) is 7.11 Å². The molecule has 0 atom stereocenters. The average Bonchev–Trinajstić information content (AvgIpc) is 2.24. The molecule has 86 valence electrons. The molecular formula is C9H10ClN3O2S. The Labute approximate surface area is 103 Å². The van der Waals surface area contributed by atoms with Crippen molar-refractivity contribution >= 4 is 35.1 Å². The van der Waals surface area contributed by atoms with Gasteiger partial charge in [0.15, 0.2) is 16.6 Å². The van der Waals surface area contributed by atoms with Crippen LogP contribution in [0.1, 0.15) is 5.56 Å². The van der Waals surface area contributed by atoms with Crippen LogP contribution in [0.3, 0.4) is 0 Å². The van der Waals surface area contributed by atoms with Crippen molar-refractivity contribution < 1.29 is 9.84 Å². The van der Waals surface area contributed by atoms with E-state index in [4.69, 9.17) is 22.1 Å². The van der Waals surface area contributed by atoms with Gasteiger partial charge in [-0.2, -0.15) is 5.10 Å². The Hall–Kier alpha value is -1.53. The smallest absolute Gasteiger partial charge is 0.184 e. The molecule has 0 aliphatic rings. The average molecular weight is 260 g/mol. The molecule has 0 aliphatic carbocycles. The molecular weight excluding hydrogens is 250 g/mol. The highest BCUT2D eigenvalue weighted by molar-refractivity contribution is 7.80. The van der Waals surface area contributed by atoms with Crippen molar-refractivity contribution in [3.63, 3.8) is 0 Å². The second kappa shape index (κ2) is 5.53. The van der Waals surface area contributed by atoms with Crippen LogP contribution in [0.15, 0.2) is 17.2 Å². The number of hydrogen-bond acceptors (Lipinski definition) is 4. The molecule has 0 amide bonds. The summed E-state index contributed by atoms with van der Waals surface area (Å²) in [5, 5.41) is 13.5. The minimum absolute atomic E-state index is 0.0464. The maximum Gasteiger partial charge on any atom is 0.184 e. The third-order valence-electron chi connectivity index (χ3n) is 1.71. The van der Waals surface area contributed by atoms with Crippen LogP contribution in [0.4, 0.5) is 0 Å². The molecule has 0 spiro atoms. The van der Waals surface area contributed by atoms with Gasteiger partial charge in [-0.3, -0.25) is 5.43 Å². The van der Waals surface area contributed by atoms with Crippen LogP contribution in [-0.4, -0.2) is 23.5 Å². The van der Waals surface area contributed by atoms with Crippen LogP contribution >= 0.6 is 23.8 Å². The molecule has 7 heteroatoms. The first-order valence-electron chi connectivity index (χ1n) is 4.20. The largest absolute Gasteiger partial charge is 0.503 e. The maximum atomic E-state index is 9.60. The van der Waals surface area contributed by atoms with Crippen LogP contribution in [-0.2, 0) is 0 Å². The fourth-order valence-electron chi connectivity index (χ4n) is 0.992. The Morgan fingerprint density at radius 1 is 1.69 bits per heavy atom. The lowest BCUT2D eigenvalue weighted by molar-refractivity contribution is 0.373. The van der Waals surface area contributed by atoms with Crippen molar-refractivity contribution in [1.82, 2.24) is 5.43 Å². The first-order chi connectivity index (χ1) is 7.56. The molecule has 16 heavy (non-hydrogen) atoms. The van der Waals surface area contributed by atoms with Crippen LogP contribution in [0.25, 0.3) is 0 Å². The maximum absolute atomic E-state index is 9.60. The first-order valence-corrected chi connectivity index (χ1v) is 4.99. The number of ether oxygens (including phenoxy) is 1. The number of hydrazone groups is 1. The van der Waals surface area contributed by atoms with Gasteiger partial charge in [0.25, 0.3) is 0 Å². The molecule has 0 unspecified atom stereocenters. The first kappa shape index (κ1) is 12.5. The summed E-state index contributed by atoms with van der Waals surface area (Å²) < 4.78 is 4.89. The molecule has 0 saturated heterocycles. The number of nitrogens with zero attached hydrogens (tertiary/aromatic N) is 1. The fraction of sp³-hybridized carbons (Fsp3) is 0.111. The Bertz CT molecular complexity index is 437. The van der Waals surface area contributed by atoms with Crippen molar-refractivity contribution in [2.24, 2.45) is 10.8 Å². The van der Waals surface area contributed by atoms with E-state index in [-0.39, 0.29) is 15.9 Å². The van der Waals surface area contributed by atoms with Gasteiger partial charge in [0.2, 0.25) is 0 Å². The summed E-state index contributed by atoms with van der Waals surface area (Å²) in [6.07, 6.45) is 1.39. The number of thiocarbonyl (C=S) groups is 1. The van der Waals surface area contributed by atoms with Crippen LogP contribution < -0.4 is 15.9 Å². The highest BCUT2D eigenvalue weighted by atomic mass is 35.5. The Morgan fingerprint density at radius 3 is 2.94 bits per heavy atom. The molecule has 4 N–H and O–H groups in total. The number of methoxy groups -OCH3 is 1. The number of rotatable bonds is 3. The predicted molar refractivity (Wildman–Crippen MR) is 67.2 cm³/mol. The third-order valence-corrected chi connectivity index (χ3v) is 2.20. The van der Waals surface area contributed by atoms with Gasteiger partial charge < -0.3 is 15.6 Å². The summed E-state index contributed by atoms with van der Waals surface area (Å²) in [6, 6.07) is 3.22. The van der Waals surface area contributed by atoms with E-state index in [9.17, 15) is 5.11 Å². The highest BCUT2D eigenvalue weighted by Gasteiger charge is 2.09. The lowest BCUT2D eigenvalue weighted by Gasteiger charge is -2.06. The van der Waals surface area contributed by atoms with E-state index in [0.717, 1.165) is 0 Å². The van der Waals surface area contributed by atoms with Crippen molar-refractivity contribution in [3.05, 3.63) is 22.7 Å². The summed E-state index contributed by atoms with van der Waals surface area (Å²) in [5.41, 5.74) is 8.07. The lowest BCUT2D eigenvalue weighted by Crippen LogP contribution is -2.24. The molecule has 0 radical (unpaired) electrons. The van der Waals surface area contributed by atoms with Gasteiger partial charge in [-0.25, -0.2) is 0 Å². The standard InChI is InChI=1S/C9H10ClN3O2S/c1-15-6-3-2-5(7(10)8(6)14)4-12-13-9(11)16/h2-4,14H,1H3,(H3,11,13,16). The van der Waals surface area contributed by atoms with E-state index < -0.39 is 0 Å². The van der Waals surface area contributed by atoms with E-state index in [0.29, 0.717) is 11.3 Å². The molecule has 1 aromatic rings. The highest BCUT2D eigenvalue weighted by Crippen LogP contribution is 2.35. The summed E-state index contributed by atoms with van der Waals surface area (Å²) in [5.74, 6) is 0.160. The fourth-order valence-corrected chi connectivity index (χ4v) is 1.25. The molecule has 0 bridgehead atoms. The summed E-state index contributed by atoms with van der Waals surface area (Å²) in [6.45, 7) is 0. The number of aromatic hydroxyl groups is 1. The Balaban J connectivity index is 2.94. The van der Waals surface area contributed by atoms with E-state index >= 15 is 0 Å². The molecule has 1 aromatic carbocycles. The SMILES string of the molecule is COc1ccc(C=NNC(N)=S)c(Cl)c1O. The minimum Gasteiger partial charge on any atom is -0.503 e. The number of phenols is 1. The van der Waals surface area contributed by atoms with Gasteiger partial charge in [-0.05, 0) is 24.4 Å². The topological polar surface area (TPSA) is 79.9 Å². The van der Waals surface area contributed by atoms with E-state index in [1.165, 1.54) is 13.3 Å². The van der Waals surface area contributed by atoms with E-state index in [2.05, 4.69) is 22.7 Å². The molecule has 0 heterocycles. The zero-order valence-electron chi connectivity index (χ0n) is 8.40. The molecule has 5 nitrogen and oxygen atoms in total. The van der Waals surface area contributed by atoms with E-state index in [1.54, 1.807) is 12.1 Å². The third kappa shape index (κ3) is 2.98. The van der Waals surface area contributed by atoms with Gasteiger partial charge >= 0.3 is 0 Å². The predicted octanol–water partition coefficient (Wildman–Crippen LogP) is 1.22. The van der Waals surface area contributed by atoms with Gasteiger partial charge in [0.05, 0.1) is 18.3 Å². The Kier molecular flexibility index (Phi) is 4.33. The number of halogens is 1. The van der Waals surface area contributed by atoms with Crippen molar-refractivity contribution in [3.8, 4) is 11.5 Å². The number of nitrogens with two attached hydrogens (primary N) is 1. The second-order valence-corrected chi connectivity index (χ2v) is 3.57. The van der Waals surface area contributed by atoms with Crippen LogP contribution in [0, 0.1) is 0 Å². The number of benzene rings is 1. The van der Waals surface area contributed by atoms with Crippen molar-refractivity contribution in [2.45, 2.75) is 0 Å². The number of nitrogens with one attached hydrogen (secondary N) is 1. The van der Waals surface area contributed by atoms with Gasteiger partial charge in [0, 0.05) is 5.56 Å². The zero-order chi connectivity index (χ0) is 12.1. The van der Waals surface area contributed by atoms with Crippen LogP contribution in [0.2, 0.25) is 5.02 Å². The van der Waals surface area contributed by atoms with Gasteiger partial charge in [-0.15, -0.1) is 0 Å². The molecule has 0 aliphatic heterocycles. The normalized spacial score (nSPS) is 10.4. The summed E-state index contributed by atoms with van der Waals surface area (Å²) in [7, 11) is 1.44. The molecule has 0 saturated carbocycles. The quantitative estimate of drug-likeness (QED) is 0.432. The second-order valence-electron chi connectivity index (χ2n) is 2.75. The van der Waals surface area contributed by atoms with Gasteiger partial charge in [-0.1, -0.05) is 11.6 Å². The van der Waals surface area contributed by atoms with Crippen molar-refractivity contribution in [1.29, 1.82) is 0 Å². The molecule has 0 fully saturated rings.